The Morgan fingerprint density at radius 1 is 0.778 bits per heavy atom. The summed E-state index contributed by atoms with van der Waals surface area (Å²) in [5.41, 5.74) is 1.66. The van der Waals surface area contributed by atoms with E-state index >= 15 is 0 Å². The number of rotatable bonds is 4. The van der Waals surface area contributed by atoms with Crippen molar-refractivity contribution >= 4 is 47.4 Å². The third kappa shape index (κ3) is 3.62. The van der Waals surface area contributed by atoms with Crippen LogP contribution in [0.2, 0.25) is 10.0 Å². The van der Waals surface area contributed by atoms with Crippen LogP contribution in [0.15, 0.2) is 84.0 Å². The molecule has 1 aliphatic heterocycles. The largest absolute Gasteiger partial charge is 0.391 e. The third-order valence-corrected chi connectivity index (χ3v) is 8.17. The average Bonchev–Trinajstić information content (AvgIpc) is 3.05. The van der Waals surface area contributed by atoms with Crippen molar-refractivity contribution in [1.82, 2.24) is 0 Å². The lowest BCUT2D eigenvalue weighted by Crippen LogP contribution is -2.33. The van der Waals surface area contributed by atoms with Crippen molar-refractivity contribution < 1.29 is 4.84 Å². The summed E-state index contributed by atoms with van der Waals surface area (Å²) in [6.07, 6.45) is -0.0705. The summed E-state index contributed by atoms with van der Waals surface area (Å²) in [5, 5.41) is 8.17. The van der Waals surface area contributed by atoms with E-state index in [0.717, 1.165) is 11.3 Å². The van der Waals surface area contributed by atoms with Crippen LogP contribution in [-0.4, -0.2) is 17.5 Å². The minimum Gasteiger partial charge on any atom is -0.391 e. The van der Waals surface area contributed by atoms with Gasteiger partial charge in [-0.1, -0.05) is 95.1 Å². The summed E-state index contributed by atoms with van der Waals surface area (Å²) < 4.78 is 0. The molecule has 3 aromatic carbocycles. The van der Waals surface area contributed by atoms with Crippen LogP contribution < -0.4 is 10.6 Å². The second-order valence-electron chi connectivity index (χ2n) is 6.37. The summed E-state index contributed by atoms with van der Waals surface area (Å²) in [6.45, 7) is 2.06. The zero-order chi connectivity index (χ0) is 18.8. The quantitative estimate of drug-likeness (QED) is 0.508. The van der Waals surface area contributed by atoms with Crippen molar-refractivity contribution in [3.63, 3.8) is 0 Å². The third-order valence-electron chi connectivity index (χ3n) is 4.61. The van der Waals surface area contributed by atoms with E-state index in [4.69, 9.17) is 28.0 Å². The van der Waals surface area contributed by atoms with Gasteiger partial charge in [0.15, 0.2) is 0 Å². The molecule has 0 saturated heterocycles. The maximum atomic E-state index is 6.51. The van der Waals surface area contributed by atoms with Crippen molar-refractivity contribution in [3.05, 3.63) is 94.5 Å². The summed E-state index contributed by atoms with van der Waals surface area (Å²) in [5.74, 6) is 0. The average molecular weight is 414 g/mol. The van der Waals surface area contributed by atoms with E-state index < -0.39 is 7.92 Å². The highest BCUT2D eigenvalue weighted by Crippen LogP contribution is 2.47. The number of oxime groups is 1. The van der Waals surface area contributed by atoms with Gasteiger partial charge in [-0.2, -0.15) is 0 Å². The van der Waals surface area contributed by atoms with E-state index in [2.05, 4.69) is 60.6 Å². The van der Waals surface area contributed by atoms with E-state index in [1.165, 1.54) is 10.6 Å². The van der Waals surface area contributed by atoms with Crippen LogP contribution in [0.3, 0.4) is 0 Å². The summed E-state index contributed by atoms with van der Waals surface area (Å²) >= 11 is 13.0. The van der Waals surface area contributed by atoms with Crippen LogP contribution in [0.1, 0.15) is 12.5 Å². The molecule has 5 heteroatoms. The molecule has 1 heterocycles. The van der Waals surface area contributed by atoms with E-state index in [1.807, 2.05) is 30.3 Å². The van der Waals surface area contributed by atoms with Gasteiger partial charge in [0, 0.05) is 5.56 Å². The summed E-state index contributed by atoms with van der Waals surface area (Å²) in [4.78, 5) is 5.75. The lowest BCUT2D eigenvalue weighted by atomic mass is 10.0. The zero-order valence-corrected chi connectivity index (χ0v) is 17.1. The van der Waals surface area contributed by atoms with Gasteiger partial charge in [-0.15, -0.1) is 0 Å². The van der Waals surface area contributed by atoms with Crippen LogP contribution in [0.25, 0.3) is 0 Å². The standard InChI is InChI=1S/C22H18Cl2NOP/c1-15-22(21(25-26-15)20-18(23)13-8-14-19(20)24)27(16-9-4-2-5-10-16)17-11-6-3-7-12-17/h2-15,22H,1H3/t15-,22-/m0/s1. The number of halogens is 2. The minimum atomic E-state index is -0.752. The van der Waals surface area contributed by atoms with Crippen LogP contribution in [0, 0.1) is 0 Å². The Morgan fingerprint density at radius 3 is 1.81 bits per heavy atom. The van der Waals surface area contributed by atoms with Crippen LogP contribution in [0.5, 0.6) is 0 Å². The number of nitrogens with zero attached hydrogens (tertiary/aromatic N) is 1. The molecule has 4 rings (SSSR count). The van der Waals surface area contributed by atoms with Gasteiger partial charge in [0.1, 0.15) is 11.8 Å². The Balaban J connectivity index is 1.87. The molecule has 0 radical (unpaired) electrons. The first-order valence-corrected chi connectivity index (χ1v) is 10.9. The predicted octanol–water partition coefficient (Wildman–Crippen LogP) is 5.62. The SMILES string of the molecule is C[C@@H]1ON=C(c2c(Cl)cccc2Cl)[C@H]1P(c1ccccc1)c1ccccc1. The first-order valence-electron chi connectivity index (χ1n) is 8.74. The number of hydrogen-bond acceptors (Lipinski definition) is 2. The van der Waals surface area contributed by atoms with E-state index in [9.17, 15) is 0 Å². The normalized spacial score (nSPS) is 19.0. The molecule has 0 bridgehead atoms. The smallest absolute Gasteiger partial charge is 0.137 e. The van der Waals surface area contributed by atoms with Crippen molar-refractivity contribution in [2.24, 2.45) is 5.16 Å². The molecule has 27 heavy (non-hydrogen) atoms. The Hall–Kier alpha value is -1.86. The molecule has 2 nitrogen and oxygen atoms in total. The molecule has 0 N–H and O–H groups in total. The zero-order valence-electron chi connectivity index (χ0n) is 14.7. The Morgan fingerprint density at radius 2 is 1.30 bits per heavy atom. The van der Waals surface area contributed by atoms with Gasteiger partial charge in [0.05, 0.1) is 15.7 Å². The van der Waals surface area contributed by atoms with Crippen LogP contribution >= 0.6 is 31.1 Å². The Bertz CT molecular complexity index is 903. The molecule has 3 aromatic rings. The fourth-order valence-corrected chi connectivity index (χ4v) is 6.80. The van der Waals surface area contributed by atoms with Gasteiger partial charge in [-0.25, -0.2) is 0 Å². The van der Waals surface area contributed by atoms with E-state index in [1.54, 1.807) is 0 Å². The molecule has 0 saturated carbocycles. The highest BCUT2D eigenvalue weighted by Gasteiger charge is 2.41. The molecule has 0 aliphatic carbocycles. The van der Waals surface area contributed by atoms with E-state index in [-0.39, 0.29) is 11.8 Å². The van der Waals surface area contributed by atoms with Gasteiger partial charge in [-0.3, -0.25) is 0 Å². The monoisotopic (exact) mass is 413 g/mol. The molecule has 0 amide bonds. The molecule has 0 spiro atoms. The van der Waals surface area contributed by atoms with Gasteiger partial charge >= 0.3 is 0 Å². The topological polar surface area (TPSA) is 21.6 Å². The highest BCUT2D eigenvalue weighted by molar-refractivity contribution is 7.74. The van der Waals surface area contributed by atoms with Crippen molar-refractivity contribution in [3.8, 4) is 0 Å². The predicted molar refractivity (Wildman–Crippen MR) is 116 cm³/mol. The second kappa shape index (κ2) is 8.02. The van der Waals surface area contributed by atoms with Crippen molar-refractivity contribution in [2.45, 2.75) is 18.7 Å². The fraction of sp³-hybridized carbons (Fsp3) is 0.136. The van der Waals surface area contributed by atoms with Gasteiger partial charge in [0.25, 0.3) is 0 Å². The maximum absolute atomic E-state index is 6.51. The van der Waals surface area contributed by atoms with Crippen molar-refractivity contribution in [2.75, 3.05) is 0 Å². The van der Waals surface area contributed by atoms with Crippen molar-refractivity contribution in [1.29, 1.82) is 0 Å². The minimum absolute atomic E-state index is 0.0576. The maximum Gasteiger partial charge on any atom is 0.137 e. The molecule has 2 atom stereocenters. The lowest BCUT2D eigenvalue weighted by molar-refractivity contribution is 0.102. The van der Waals surface area contributed by atoms with Crippen LogP contribution in [0.4, 0.5) is 0 Å². The van der Waals surface area contributed by atoms with Gasteiger partial charge < -0.3 is 4.84 Å². The second-order valence-corrected chi connectivity index (χ2v) is 9.51. The van der Waals surface area contributed by atoms with Gasteiger partial charge in [-0.05, 0) is 37.6 Å². The number of hydrogen-bond donors (Lipinski definition) is 0. The molecule has 0 unspecified atom stereocenters. The first kappa shape index (κ1) is 18.5. The molecule has 0 fully saturated rings. The summed E-state index contributed by atoms with van der Waals surface area (Å²) in [6, 6.07) is 26.6. The molecular formula is C22H18Cl2NOP. The Labute approximate surface area is 170 Å². The summed E-state index contributed by atoms with van der Waals surface area (Å²) in [7, 11) is -0.752. The van der Waals surface area contributed by atoms with E-state index in [0.29, 0.717) is 10.0 Å². The molecule has 1 aliphatic rings. The Kier molecular flexibility index (Phi) is 5.50. The number of benzene rings is 3. The molecule has 0 aromatic heterocycles. The molecule has 136 valence electrons. The van der Waals surface area contributed by atoms with Gasteiger partial charge in [0.2, 0.25) is 0 Å². The molecular weight excluding hydrogens is 396 g/mol. The lowest BCUT2D eigenvalue weighted by Gasteiger charge is -2.28. The van der Waals surface area contributed by atoms with Crippen LogP contribution in [-0.2, 0) is 4.84 Å². The first-order chi connectivity index (χ1) is 13.2. The highest BCUT2D eigenvalue weighted by atomic mass is 35.5. The fourth-order valence-electron chi connectivity index (χ4n) is 3.39.